The Morgan fingerprint density at radius 3 is 1.72 bits per heavy atom. The van der Waals surface area contributed by atoms with Crippen molar-refractivity contribution in [1.29, 1.82) is 0 Å². The van der Waals surface area contributed by atoms with Crippen LogP contribution in [-0.2, 0) is 0 Å². The van der Waals surface area contributed by atoms with Gasteiger partial charge in [0.15, 0.2) is 0 Å². The average molecular weight is 539 g/mol. The summed E-state index contributed by atoms with van der Waals surface area (Å²) in [5, 5.41) is 3.10. The molecule has 4 aliphatic rings. The molecule has 0 radical (unpaired) electrons. The molecular weight excluding hydrogens is 485 g/mol. The van der Waals surface area contributed by atoms with Crippen molar-refractivity contribution >= 4 is 18.4 Å². The van der Waals surface area contributed by atoms with Crippen molar-refractivity contribution in [1.82, 2.24) is 0 Å². The number of benzene rings is 2. The van der Waals surface area contributed by atoms with Crippen LogP contribution in [0.5, 0.6) is 0 Å². The van der Waals surface area contributed by atoms with Gasteiger partial charge >= 0.3 is 0 Å². The second-order valence-electron chi connectivity index (χ2n) is 15.1. The summed E-state index contributed by atoms with van der Waals surface area (Å²) in [6.07, 6.45) is 17.8. The summed E-state index contributed by atoms with van der Waals surface area (Å²) in [6.45, 7) is 12.8. The predicted molar refractivity (Wildman–Crippen MR) is 171 cm³/mol. The highest BCUT2D eigenvalue weighted by Crippen LogP contribution is 2.64. The zero-order valence-corrected chi connectivity index (χ0v) is 26.2. The van der Waals surface area contributed by atoms with Crippen LogP contribution in [0.15, 0.2) is 72.8 Å². The molecule has 0 spiro atoms. The lowest BCUT2D eigenvalue weighted by atomic mass is 9.59. The molecule has 0 aliphatic heterocycles. The maximum absolute atomic E-state index is 4.76. The van der Waals surface area contributed by atoms with E-state index in [0.717, 1.165) is 41.4 Å². The maximum Gasteiger partial charge on any atom is 0.119 e. The van der Waals surface area contributed by atoms with Crippen LogP contribution in [0, 0.1) is 46.8 Å². The van der Waals surface area contributed by atoms with Gasteiger partial charge in [-0.3, -0.25) is 0 Å². The molecule has 2 aromatic carbocycles. The molecule has 0 nitrogen and oxygen atoms in total. The zero-order valence-electron chi connectivity index (χ0n) is 25.2. The van der Waals surface area contributed by atoms with E-state index in [1.165, 1.54) is 63.0 Å². The molecule has 4 aliphatic carbocycles. The van der Waals surface area contributed by atoms with Gasteiger partial charge in [0.05, 0.1) is 0 Å². The van der Waals surface area contributed by atoms with E-state index in [1.807, 2.05) is 0 Å². The van der Waals surface area contributed by atoms with Crippen LogP contribution < -0.4 is 10.4 Å². The highest BCUT2D eigenvalue weighted by molar-refractivity contribution is 7.01. The van der Waals surface area contributed by atoms with Crippen LogP contribution in [-0.4, -0.2) is 8.07 Å². The lowest BCUT2D eigenvalue weighted by Gasteiger charge is -2.46. The Hall–Kier alpha value is -1.60. The lowest BCUT2D eigenvalue weighted by Crippen LogP contribution is -2.55. The standard InChI is InChI=1S/C38H54Si/c1-28(27-39(4,31-15-7-5-8-16-31)32-17-9-6-10-18-32)25-29-23-24-30(26-29)38(2,3)37-35-21-13-11-19-33(35)34-20-12-14-22-36(34)37/h5-10,15-18,29-30,33-37H,1,11-14,19-27H2,2-4H3. The number of rotatable bonds is 8. The van der Waals surface area contributed by atoms with Crippen LogP contribution >= 0.6 is 0 Å². The molecule has 0 N–H and O–H groups in total. The van der Waals surface area contributed by atoms with Crippen molar-refractivity contribution in [3.63, 3.8) is 0 Å². The summed E-state index contributed by atoms with van der Waals surface area (Å²) in [7, 11) is -1.85. The van der Waals surface area contributed by atoms with Gasteiger partial charge in [-0.05, 0) is 104 Å². The van der Waals surface area contributed by atoms with E-state index in [1.54, 1.807) is 36.1 Å². The van der Waals surface area contributed by atoms with E-state index in [2.05, 4.69) is 81.1 Å². The third-order valence-corrected chi connectivity index (χ3v) is 17.1. The minimum atomic E-state index is -1.85. The maximum atomic E-state index is 4.76. The predicted octanol–water partition coefficient (Wildman–Crippen LogP) is 9.51. The van der Waals surface area contributed by atoms with Crippen LogP contribution in [0.1, 0.15) is 90.9 Å². The van der Waals surface area contributed by atoms with Crippen molar-refractivity contribution in [3.8, 4) is 0 Å². The fourth-order valence-corrected chi connectivity index (χ4v) is 14.7. The molecule has 210 valence electrons. The third kappa shape index (κ3) is 5.27. The van der Waals surface area contributed by atoms with Crippen molar-refractivity contribution in [2.75, 3.05) is 0 Å². The van der Waals surface area contributed by atoms with Crippen LogP contribution in [0.4, 0.5) is 0 Å². The van der Waals surface area contributed by atoms with Gasteiger partial charge in [-0.25, -0.2) is 0 Å². The minimum Gasteiger partial charge on any atom is -0.100 e. The SMILES string of the molecule is C=C(CC1CCC(C(C)(C)C2C3CCCCC3C3CCCCC32)C1)C[Si](C)(c1ccccc1)c1ccccc1. The van der Waals surface area contributed by atoms with Gasteiger partial charge in [-0.2, -0.15) is 0 Å². The van der Waals surface area contributed by atoms with E-state index in [9.17, 15) is 0 Å². The Morgan fingerprint density at radius 1 is 0.718 bits per heavy atom. The Balaban J connectivity index is 1.14. The Bertz CT molecular complexity index is 1040. The lowest BCUT2D eigenvalue weighted by molar-refractivity contribution is 0.0295. The Kier molecular flexibility index (Phi) is 8.02. The first-order valence-electron chi connectivity index (χ1n) is 16.7. The molecule has 1 heteroatoms. The molecule has 0 saturated heterocycles. The molecule has 0 amide bonds. The first-order chi connectivity index (χ1) is 18.9. The van der Waals surface area contributed by atoms with Crippen molar-refractivity contribution in [2.24, 2.45) is 46.8 Å². The quantitative estimate of drug-likeness (QED) is 0.232. The van der Waals surface area contributed by atoms with Crippen LogP contribution in [0.25, 0.3) is 0 Å². The normalized spacial score (nSPS) is 32.9. The largest absolute Gasteiger partial charge is 0.119 e. The molecular formula is C38H54Si. The number of hydrogen-bond donors (Lipinski definition) is 0. The molecule has 6 unspecified atom stereocenters. The van der Waals surface area contributed by atoms with E-state index in [0.29, 0.717) is 5.41 Å². The molecule has 6 atom stereocenters. The zero-order chi connectivity index (χ0) is 27.0. The smallest absolute Gasteiger partial charge is 0.100 e. The molecule has 0 heterocycles. The topological polar surface area (TPSA) is 0 Å². The Morgan fingerprint density at radius 2 is 1.21 bits per heavy atom. The van der Waals surface area contributed by atoms with E-state index >= 15 is 0 Å². The number of hydrogen-bond acceptors (Lipinski definition) is 0. The number of allylic oxidation sites excluding steroid dienone is 1. The van der Waals surface area contributed by atoms with Gasteiger partial charge in [0.25, 0.3) is 0 Å². The summed E-state index contributed by atoms with van der Waals surface area (Å²) in [4.78, 5) is 0. The molecule has 4 saturated carbocycles. The van der Waals surface area contributed by atoms with Gasteiger partial charge in [-0.1, -0.05) is 123 Å². The van der Waals surface area contributed by atoms with Crippen molar-refractivity contribution < 1.29 is 0 Å². The summed E-state index contributed by atoms with van der Waals surface area (Å²) in [6, 6.07) is 23.9. The summed E-state index contributed by atoms with van der Waals surface area (Å²) >= 11 is 0. The highest BCUT2D eigenvalue weighted by atomic mass is 28.3. The van der Waals surface area contributed by atoms with Crippen molar-refractivity contribution in [3.05, 3.63) is 72.8 Å². The second kappa shape index (κ2) is 11.3. The van der Waals surface area contributed by atoms with Gasteiger partial charge in [0.2, 0.25) is 0 Å². The van der Waals surface area contributed by atoms with Crippen molar-refractivity contribution in [2.45, 2.75) is 103 Å². The molecule has 2 aromatic rings. The molecule has 39 heavy (non-hydrogen) atoms. The fraction of sp³-hybridized carbons (Fsp3) is 0.632. The second-order valence-corrected chi connectivity index (χ2v) is 19.3. The van der Waals surface area contributed by atoms with Gasteiger partial charge < -0.3 is 0 Å². The van der Waals surface area contributed by atoms with E-state index in [4.69, 9.17) is 6.58 Å². The highest BCUT2D eigenvalue weighted by Gasteiger charge is 2.57. The Labute approximate surface area is 241 Å². The summed E-state index contributed by atoms with van der Waals surface area (Å²) < 4.78 is 0. The first kappa shape index (κ1) is 27.6. The minimum absolute atomic E-state index is 0.504. The summed E-state index contributed by atoms with van der Waals surface area (Å²) in [5.41, 5.74) is 2.02. The van der Waals surface area contributed by atoms with Gasteiger partial charge in [0, 0.05) is 0 Å². The van der Waals surface area contributed by atoms with Crippen LogP contribution in [0.2, 0.25) is 12.6 Å². The third-order valence-electron chi connectivity index (χ3n) is 12.7. The van der Waals surface area contributed by atoms with E-state index < -0.39 is 8.07 Å². The molecule has 0 bridgehead atoms. The van der Waals surface area contributed by atoms with Gasteiger partial charge in [-0.15, -0.1) is 6.58 Å². The van der Waals surface area contributed by atoms with E-state index in [-0.39, 0.29) is 0 Å². The van der Waals surface area contributed by atoms with Crippen LogP contribution in [0.3, 0.4) is 0 Å². The molecule has 0 aromatic heterocycles. The first-order valence-corrected chi connectivity index (χ1v) is 19.4. The monoisotopic (exact) mass is 538 g/mol. The molecule has 4 fully saturated rings. The average Bonchev–Trinajstić information content (AvgIpc) is 3.57. The summed E-state index contributed by atoms with van der Waals surface area (Å²) in [5.74, 6) is 6.98. The van der Waals surface area contributed by atoms with Gasteiger partial charge in [0.1, 0.15) is 8.07 Å². The molecule has 6 rings (SSSR count). The fourth-order valence-electron chi connectivity index (χ4n) is 10.9. The number of fused-ring (bicyclic) bond motifs is 3.